The summed E-state index contributed by atoms with van der Waals surface area (Å²) in [7, 11) is 0. The van der Waals surface area contributed by atoms with Crippen molar-refractivity contribution in [3.05, 3.63) is 99.2 Å². The summed E-state index contributed by atoms with van der Waals surface area (Å²) < 4.78 is 7.53. The standard InChI is InChI=1S/C27H24N4O2S/c1-16-5-6-22(11-17(16)2)31-26(20-7-9-28-10-8-20)29-30-27(31)34-15-21-14-25(32)33-24-13-19(4)18(3)12-23(21)24/h5-14H,15H2,1-4H3. The van der Waals surface area contributed by atoms with Gasteiger partial charge in [0.2, 0.25) is 0 Å². The van der Waals surface area contributed by atoms with E-state index in [2.05, 4.69) is 64.8 Å². The molecule has 5 rings (SSSR count). The van der Waals surface area contributed by atoms with E-state index in [1.54, 1.807) is 30.2 Å². The Balaban J connectivity index is 1.59. The molecule has 3 aromatic heterocycles. The van der Waals surface area contributed by atoms with Gasteiger partial charge in [-0.15, -0.1) is 10.2 Å². The summed E-state index contributed by atoms with van der Waals surface area (Å²) in [6, 6.07) is 15.8. The van der Waals surface area contributed by atoms with Crippen LogP contribution in [0.1, 0.15) is 27.8 Å². The van der Waals surface area contributed by atoms with Crippen LogP contribution in [0.2, 0.25) is 0 Å². The normalized spacial score (nSPS) is 11.3. The van der Waals surface area contributed by atoms with Gasteiger partial charge in [0.15, 0.2) is 11.0 Å². The van der Waals surface area contributed by atoms with Crippen LogP contribution in [0.3, 0.4) is 0 Å². The second kappa shape index (κ2) is 8.91. The Morgan fingerprint density at radius 1 is 0.853 bits per heavy atom. The van der Waals surface area contributed by atoms with Crippen molar-refractivity contribution in [1.29, 1.82) is 0 Å². The van der Waals surface area contributed by atoms with Gasteiger partial charge in [0.1, 0.15) is 5.58 Å². The van der Waals surface area contributed by atoms with Crippen molar-refractivity contribution < 1.29 is 4.42 Å². The van der Waals surface area contributed by atoms with E-state index in [-0.39, 0.29) is 5.63 Å². The third-order valence-corrected chi connectivity index (χ3v) is 7.10. The number of rotatable bonds is 5. The molecule has 0 radical (unpaired) electrons. The van der Waals surface area contributed by atoms with Gasteiger partial charge in [-0.3, -0.25) is 9.55 Å². The first-order valence-electron chi connectivity index (χ1n) is 11.0. The molecule has 6 nitrogen and oxygen atoms in total. The van der Waals surface area contributed by atoms with E-state index in [4.69, 9.17) is 4.42 Å². The van der Waals surface area contributed by atoms with Gasteiger partial charge in [-0.05, 0) is 91.9 Å². The molecule has 0 atom stereocenters. The van der Waals surface area contributed by atoms with Crippen molar-refractivity contribution in [2.75, 3.05) is 0 Å². The molecule has 3 heterocycles. The summed E-state index contributed by atoms with van der Waals surface area (Å²) in [6.07, 6.45) is 3.50. The van der Waals surface area contributed by atoms with Crippen molar-refractivity contribution in [2.24, 2.45) is 0 Å². The highest BCUT2D eigenvalue weighted by Crippen LogP contribution is 2.32. The average molecular weight is 469 g/mol. The molecule has 0 aliphatic heterocycles. The Morgan fingerprint density at radius 3 is 2.35 bits per heavy atom. The molecule has 0 bridgehead atoms. The summed E-state index contributed by atoms with van der Waals surface area (Å²) in [5.41, 5.74) is 7.78. The molecule has 170 valence electrons. The SMILES string of the molecule is Cc1ccc(-n2c(SCc3cc(=O)oc4cc(C)c(C)cc34)nnc2-c2ccncc2)cc1C. The number of benzene rings is 2. The zero-order valence-electron chi connectivity index (χ0n) is 19.5. The molecule has 0 aliphatic rings. The third kappa shape index (κ3) is 4.15. The van der Waals surface area contributed by atoms with Gasteiger partial charge in [0, 0.05) is 35.2 Å². The van der Waals surface area contributed by atoms with Gasteiger partial charge in [0.25, 0.3) is 0 Å². The van der Waals surface area contributed by atoms with Crippen molar-refractivity contribution in [3.63, 3.8) is 0 Å². The lowest BCUT2D eigenvalue weighted by molar-refractivity contribution is 0.559. The molecule has 2 aromatic carbocycles. The highest BCUT2D eigenvalue weighted by Gasteiger charge is 2.18. The monoisotopic (exact) mass is 468 g/mol. The topological polar surface area (TPSA) is 73.8 Å². The van der Waals surface area contributed by atoms with Crippen LogP contribution in [0.15, 0.2) is 75.3 Å². The number of nitrogens with zero attached hydrogens (tertiary/aromatic N) is 4. The van der Waals surface area contributed by atoms with E-state index in [0.29, 0.717) is 11.3 Å². The van der Waals surface area contributed by atoms with E-state index >= 15 is 0 Å². The van der Waals surface area contributed by atoms with E-state index in [1.807, 2.05) is 25.1 Å². The Kier molecular flexibility index (Phi) is 5.79. The maximum Gasteiger partial charge on any atom is 0.336 e. The first-order chi connectivity index (χ1) is 16.4. The Hall–Kier alpha value is -3.71. The Labute approximate surface area is 201 Å². The predicted molar refractivity (Wildman–Crippen MR) is 136 cm³/mol. The number of aromatic nitrogens is 4. The third-order valence-electron chi connectivity index (χ3n) is 6.12. The Bertz CT molecular complexity index is 1570. The first-order valence-corrected chi connectivity index (χ1v) is 12.0. The molecule has 0 N–H and O–H groups in total. The van der Waals surface area contributed by atoms with E-state index in [9.17, 15) is 4.79 Å². The summed E-state index contributed by atoms with van der Waals surface area (Å²) in [5.74, 6) is 1.31. The van der Waals surface area contributed by atoms with Gasteiger partial charge in [-0.2, -0.15) is 0 Å². The van der Waals surface area contributed by atoms with Crippen LogP contribution < -0.4 is 5.63 Å². The molecule has 0 aliphatic carbocycles. The summed E-state index contributed by atoms with van der Waals surface area (Å²) in [5, 5.41) is 10.7. The maximum atomic E-state index is 12.2. The van der Waals surface area contributed by atoms with Gasteiger partial charge >= 0.3 is 5.63 Å². The minimum Gasteiger partial charge on any atom is -0.423 e. The number of pyridine rings is 1. The van der Waals surface area contributed by atoms with E-state index in [0.717, 1.165) is 44.3 Å². The number of fused-ring (bicyclic) bond motifs is 1. The molecule has 0 saturated heterocycles. The summed E-state index contributed by atoms with van der Waals surface area (Å²) >= 11 is 1.55. The zero-order valence-corrected chi connectivity index (χ0v) is 20.3. The molecule has 0 unspecified atom stereocenters. The van der Waals surface area contributed by atoms with Crippen LogP contribution in [0.4, 0.5) is 0 Å². The molecule has 0 saturated carbocycles. The number of thioether (sulfide) groups is 1. The molecular formula is C27H24N4O2S. The zero-order chi connectivity index (χ0) is 23.8. The Morgan fingerprint density at radius 2 is 1.59 bits per heavy atom. The van der Waals surface area contributed by atoms with Crippen LogP contribution in [0.25, 0.3) is 28.0 Å². The van der Waals surface area contributed by atoms with Gasteiger partial charge < -0.3 is 4.42 Å². The first kappa shape index (κ1) is 22.1. The second-order valence-corrected chi connectivity index (χ2v) is 9.40. The van der Waals surface area contributed by atoms with E-state index in [1.165, 1.54) is 11.1 Å². The van der Waals surface area contributed by atoms with Crippen LogP contribution >= 0.6 is 11.8 Å². The molecular weight excluding hydrogens is 444 g/mol. The van der Waals surface area contributed by atoms with Crippen LogP contribution in [-0.2, 0) is 5.75 Å². The maximum absolute atomic E-state index is 12.2. The van der Waals surface area contributed by atoms with Crippen LogP contribution in [0, 0.1) is 27.7 Å². The molecule has 0 fully saturated rings. The van der Waals surface area contributed by atoms with Crippen molar-refractivity contribution in [2.45, 2.75) is 38.6 Å². The van der Waals surface area contributed by atoms with E-state index < -0.39 is 0 Å². The molecule has 7 heteroatoms. The highest BCUT2D eigenvalue weighted by atomic mass is 32.2. The van der Waals surface area contributed by atoms with Crippen LogP contribution in [0.5, 0.6) is 0 Å². The molecule has 34 heavy (non-hydrogen) atoms. The van der Waals surface area contributed by atoms with Crippen LogP contribution in [-0.4, -0.2) is 19.7 Å². The number of aryl methyl sites for hydroxylation is 4. The predicted octanol–water partition coefficient (Wildman–Crippen LogP) is 5.96. The fourth-order valence-corrected chi connectivity index (χ4v) is 4.84. The van der Waals surface area contributed by atoms with Gasteiger partial charge in [-0.25, -0.2) is 4.79 Å². The summed E-state index contributed by atoms with van der Waals surface area (Å²) in [6.45, 7) is 8.28. The number of hydrogen-bond donors (Lipinski definition) is 0. The summed E-state index contributed by atoms with van der Waals surface area (Å²) in [4.78, 5) is 16.4. The second-order valence-electron chi connectivity index (χ2n) is 8.46. The minimum absolute atomic E-state index is 0.348. The quantitative estimate of drug-likeness (QED) is 0.234. The van der Waals surface area contributed by atoms with Crippen molar-refractivity contribution in [1.82, 2.24) is 19.7 Å². The fraction of sp³-hybridized carbons (Fsp3) is 0.185. The van der Waals surface area contributed by atoms with Crippen molar-refractivity contribution in [3.8, 4) is 17.1 Å². The molecule has 5 aromatic rings. The smallest absolute Gasteiger partial charge is 0.336 e. The number of hydrogen-bond acceptors (Lipinski definition) is 6. The van der Waals surface area contributed by atoms with Crippen molar-refractivity contribution >= 4 is 22.7 Å². The largest absolute Gasteiger partial charge is 0.423 e. The lowest BCUT2D eigenvalue weighted by Crippen LogP contribution is -2.03. The van der Waals surface area contributed by atoms with Gasteiger partial charge in [0.05, 0.1) is 5.69 Å². The minimum atomic E-state index is -0.348. The van der Waals surface area contributed by atoms with Gasteiger partial charge in [-0.1, -0.05) is 17.8 Å². The highest BCUT2D eigenvalue weighted by molar-refractivity contribution is 7.98. The lowest BCUT2D eigenvalue weighted by atomic mass is 10.0. The lowest BCUT2D eigenvalue weighted by Gasteiger charge is -2.13. The molecule has 0 spiro atoms. The average Bonchev–Trinajstić information content (AvgIpc) is 3.25. The fourth-order valence-electron chi connectivity index (χ4n) is 3.89. The molecule has 0 amide bonds.